The molecule has 0 atom stereocenters. The number of para-hydroxylation sites is 1. The third kappa shape index (κ3) is 5.05. The lowest BCUT2D eigenvalue weighted by atomic mass is 10.3. The van der Waals surface area contributed by atoms with Gasteiger partial charge >= 0.3 is 0 Å². The van der Waals surface area contributed by atoms with Crippen molar-refractivity contribution in [3.63, 3.8) is 0 Å². The topological polar surface area (TPSA) is 55.1 Å². The van der Waals surface area contributed by atoms with Crippen LogP contribution in [0.25, 0.3) is 0 Å². The van der Waals surface area contributed by atoms with Crippen LogP contribution in [0.5, 0.6) is 0 Å². The molecule has 0 heterocycles. The van der Waals surface area contributed by atoms with Crippen molar-refractivity contribution in [1.29, 1.82) is 0 Å². The second-order valence-electron chi connectivity index (χ2n) is 4.61. The maximum atomic E-state index is 11.6. The predicted octanol–water partition coefficient (Wildman–Crippen LogP) is 3.43. The third-order valence-corrected chi connectivity index (χ3v) is 4.54. The molecule has 1 fully saturated rings. The Morgan fingerprint density at radius 2 is 2.00 bits per heavy atom. The minimum atomic E-state index is -0.00280. The normalized spacial score (nSPS) is 15.0. The van der Waals surface area contributed by atoms with Gasteiger partial charge in [-0.1, -0.05) is 25.0 Å². The van der Waals surface area contributed by atoms with Crippen molar-refractivity contribution in [3.05, 3.63) is 24.3 Å². The number of carbonyl (C=O) groups is 1. The summed E-state index contributed by atoms with van der Waals surface area (Å²) in [6.45, 7) is 0.393. The van der Waals surface area contributed by atoms with E-state index in [4.69, 9.17) is 5.73 Å². The number of rotatable bonds is 5. The second kappa shape index (κ2) is 8.46. The van der Waals surface area contributed by atoms with Gasteiger partial charge in [0.15, 0.2) is 0 Å². The fraction of sp³-hybridized carbons (Fsp3) is 0.500. The number of anilines is 1. The van der Waals surface area contributed by atoms with Gasteiger partial charge in [0, 0.05) is 23.1 Å². The maximum absolute atomic E-state index is 11.6. The van der Waals surface area contributed by atoms with Crippen molar-refractivity contribution >= 4 is 35.8 Å². The Labute approximate surface area is 125 Å². The minimum absolute atomic E-state index is 0. The van der Waals surface area contributed by atoms with Crippen LogP contribution in [0.1, 0.15) is 32.1 Å². The third-order valence-electron chi connectivity index (χ3n) is 3.13. The van der Waals surface area contributed by atoms with Gasteiger partial charge in [0.05, 0.1) is 5.69 Å². The molecule has 1 aliphatic rings. The first kappa shape index (κ1) is 16.3. The van der Waals surface area contributed by atoms with Crippen LogP contribution in [0.15, 0.2) is 29.2 Å². The van der Waals surface area contributed by atoms with E-state index in [1.165, 1.54) is 30.6 Å². The summed E-state index contributed by atoms with van der Waals surface area (Å²) in [5, 5.41) is 3.65. The van der Waals surface area contributed by atoms with E-state index in [1.54, 1.807) is 0 Å². The standard InChI is InChI=1S/C14H20N2OS.ClH/c15-10-9-14(17)16-12-7-3-4-8-13(12)18-11-5-1-2-6-11;/h3-4,7-8,11H,1-2,5-6,9-10,15H2,(H,16,17);1H. The number of amides is 1. The fourth-order valence-corrected chi connectivity index (χ4v) is 3.53. The van der Waals surface area contributed by atoms with Gasteiger partial charge in [0.1, 0.15) is 0 Å². The van der Waals surface area contributed by atoms with Crippen LogP contribution < -0.4 is 11.1 Å². The van der Waals surface area contributed by atoms with Crippen LogP contribution in [0.3, 0.4) is 0 Å². The molecule has 1 amide bonds. The summed E-state index contributed by atoms with van der Waals surface area (Å²) >= 11 is 1.89. The molecule has 1 aliphatic carbocycles. The van der Waals surface area contributed by atoms with E-state index in [2.05, 4.69) is 11.4 Å². The first-order valence-electron chi connectivity index (χ1n) is 6.55. The van der Waals surface area contributed by atoms with Crippen molar-refractivity contribution in [2.45, 2.75) is 42.2 Å². The lowest BCUT2D eigenvalue weighted by Gasteiger charge is -2.13. The van der Waals surface area contributed by atoms with Crippen molar-refractivity contribution in [1.82, 2.24) is 0 Å². The maximum Gasteiger partial charge on any atom is 0.225 e. The van der Waals surface area contributed by atoms with Crippen molar-refractivity contribution in [2.75, 3.05) is 11.9 Å². The summed E-state index contributed by atoms with van der Waals surface area (Å²) in [5.41, 5.74) is 6.31. The van der Waals surface area contributed by atoms with E-state index in [0.29, 0.717) is 18.2 Å². The molecule has 0 aliphatic heterocycles. The summed E-state index contributed by atoms with van der Waals surface area (Å²) in [6, 6.07) is 8.03. The Balaban J connectivity index is 0.00000180. The van der Waals surface area contributed by atoms with Crippen molar-refractivity contribution in [3.8, 4) is 0 Å². The molecule has 0 saturated heterocycles. The SMILES string of the molecule is Cl.NCCC(=O)Nc1ccccc1SC1CCCC1. The molecule has 0 spiro atoms. The quantitative estimate of drug-likeness (QED) is 0.876. The summed E-state index contributed by atoms with van der Waals surface area (Å²) in [7, 11) is 0. The molecule has 106 valence electrons. The van der Waals surface area contributed by atoms with Crippen LogP contribution >= 0.6 is 24.2 Å². The number of hydrogen-bond donors (Lipinski definition) is 2. The van der Waals surface area contributed by atoms with Gasteiger partial charge in [-0.3, -0.25) is 4.79 Å². The Morgan fingerprint density at radius 3 is 2.68 bits per heavy atom. The van der Waals surface area contributed by atoms with E-state index < -0.39 is 0 Å². The summed E-state index contributed by atoms with van der Waals surface area (Å²) in [4.78, 5) is 12.8. The Morgan fingerprint density at radius 1 is 1.32 bits per heavy atom. The average molecular weight is 301 g/mol. The predicted molar refractivity (Wildman–Crippen MR) is 84.1 cm³/mol. The number of nitrogens with two attached hydrogens (primary N) is 1. The lowest BCUT2D eigenvalue weighted by Crippen LogP contribution is -2.16. The van der Waals surface area contributed by atoms with E-state index >= 15 is 0 Å². The van der Waals surface area contributed by atoms with Gasteiger partial charge in [-0.2, -0.15) is 0 Å². The molecule has 2 rings (SSSR count). The molecule has 0 unspecified atom stereocenters. The van der Waals surface area contributed by atoms with E-state index in [0.717, 1.165) is 5.69 Å². The number of nitrogens with one attached hydrogen (secondary N) is 1. The molecule has 1 saturated carbocycles. The fourth-order valence-electron chi connectivity index (χ4n) is 2.20. The highest BCUT2D eigenvalue weighted by Crippen LogP contribution is 2.37. The van der Waals surface area contributed by atoms with Gasteiger partial charge in [0.2, 0.25) is 5.91 Å². The summed E-state index contributed by atoms with van der Waals surface area (Å²) in [5.74, 6) is -0.00280. The minimum Gasteiger partial charge on any atom is -0.330 e. The van der Waals surface area contributed by atoms with Crippen LogP contribution in [0, 0.1) is 0 Å². The zero-order chi connectivity index (χ0) is 12.8. The highest BCUT2D eigenvalue weighted by atomic mass is 35.5. The van der Waals surface area contributed by atoms with Crippen LogP contribution in [0.4, 0.5) is 5.69 Å². The Hall–Kier alpha value is -0.710. The van der Waals surface area contributed by atoms with Gasteiger partial charge in [-0.15, -0.1) is 24.2 Å². The first-order valence-corrected chi connectivity index (χ1v) is 7.43. The smallest absolute Gasteiger partial charge is 0.225 e. The molecule has 3 N–H and O–H groups in total. The molecule has 0 radical (unpaired) electrons. The molecule has 5 heteroatoms. The highest BCUT2D eigenvalue weighted by molar-refractivity contribution is 8.00. The second-order valence-corrected chi connectivity index (χ2v) is 5.95. The molecular formula is C14H21ClN2OS. The van der Waals surface area contributed by atoms with E-state index in [9.17, 15) is 4.79 Å². The summed E-state index contributed by atoms with van der Waals surface area (Å²) in [6.07, 6.45) is 5.62. The number of carbonyl (C=O) groups excluding carboxylic acids is 1. The first-order chi connectivity index (χ1) is 8.79. The average Bonchev–Trinajstić information content (AvgIpc) is 2.85. The van der Waals surface area contributed by atoms with Gasteiger partial charge in [-0.25, -0.2) is 0 Å². The lowest BCUT2D eigenvalue weighted by molar-refractivity contribution is -0.116. The highest BCUT2D eigenvalue weighted by Gasteiger charge is 2.17. The number of benzene rings is 1. The van der Waals surface area contributed by atoms with Crippen LogP contribution in [-0.4, -0.2) is 17.7 Å². The Bertz CT molecular complexity index is 408. The number of thioether (sulfide) groups is 1. The van der Waals surface area contributed by atoms with Gasteiger partial charge < -0.3 is 11.1 Å². The van der Waals surface area contributed by atoms with E-state index in [1.807, 2.05) is 30.0 Å². The van der Waals surface area contributed by atoms with Gasteiger partial charge in [-0.05, 0) is 25.0 Å². The number of halogens is 1. The molecule has 1 aromatic carbocycles. The molecule has 0 bridgehead atoms. The molecule has 0 aromatic heterocycles. The van der Waals surface area contributed by atoms with Crippen molar-refractivity contribution in [2.24, 2.45) is 5.73 Å². The van der Waals surface area contributed by atoms with Crippen molar-refractivity contribution < 1.29 is 4.79 Å². The van der Waals surface area contributed by atoms with E-state index in [-0.39, 0.29) is 18.3 Å². The zero-order valence-corrected chi connectivity index (χ0v) is 12.6. The zero-order valence-electron chi connectivity index (χ0n) is 10.9. The Kier molecular flexibility index (Phi) is 7.28. The molecule has 19 heavy (non-hydrogen) atoms. The molecular weight excluding hydrogens is 280 g/mol. The largest absolute Gasteiger partial charge is 0.330 e. The molecule has 1 aromatic rings. The summed E-state index contributed by atoms with van der Waals surface area (Å²) < 4.78 is 0. The monoisotopic (exact) mass is 300 g/mol. The number of hydrogen-bond acceptors (Lipinski definition) is 3. The van der Waals surface area contributed by atoms with Gasteiger partial charge in [0.25, 0.3) is 0 Å². The van der Waals surface area contributed by atoms with Crippen LogP contribution in [0.2, 0.25) is 0 Å². The molecule has 3 nitrogen and oxygen atoms in total. The van der Waals surface area contributed by atoms with Crippen LogP contribution in [-0.2, 0) is 4.79 Å².